The highest BCUT2D eigenvalue weighted by atomic mass is 35.5. The van der Waals surface area contributed by atoms with E-state index < -0.39 is 18.9 Å². The Morgan fingerprint density at radius 3 is 2.53 bits per heavy atom. The molecule has 0 spiro atoms. The number of rotatable bonds is 6. The molecule has 0 bridgehead atoms. The summed E-state index contributed by atoms with van der Waals surface area (Å²) in [5.74, 6) is -0.565. The van der Waals surface area contributed by atoms with Crippen LogP contribution in [0.25, 0.3) is 6.08 Å². The summed E-state index contributed by atoms with van der Waals surface area (Å²) in [6.07, 6.45) is 0.0786. The van der Waals surface area contributed by atoms with Crippen LogP contribution in [-0.2, 0) is 4.79 Å². The zero-order valence-electron chi connectivity index (χ0n) is 10.1. The topological polar surface area (TPSA) is 40.5 Å². The number of aliphatic hydroxyl groups excluding tert-OH is 1. The van der Waals surface area contributed by atoms with Gasteiger partial charge in [-0.2, -0.15) is 0 Å². The van der Waals surface area contributed by atoms with Crippen LogP contribution in [0.15, 0.2) is 30.3 Å². The molecule has 1 aromatic rings. The van der Waals surface area contributed by atoms with Gasteiger partial charge >= 0.3 is 0 Å². The van der Waals surface area contributed by atoms with Crippen molar-refractivity contribution in [2.45, 2.75) is 6.43 Å². The van der Waals surface area contributed by atoms with Crippen molar-refractivity contribution < 1.29 is 18.7 Å². The maximum atomic E-state index is 12.3. The fourth-order valence-corrected chi connectivity index (χ4v) is 1.55. The predicted octanol–water partition coefficient (Wildman–Crippen LogP) is 2.44. The lowest BCUT2D eigenvalue weighted by molar-refractivity contribution is -0.128. The highest BCUT2D eigenvalue weighted by molar-refractivity contribution is 6.30. The van der Waals surface area contributed by atoms with Gasteiger partial charge in [-0.15, -0.1) is 0 Å². The fraction of sp³-hybridized carbons (Fsp3) is 0.308. The Bertz CT molecular complexity index is 435. The lowest BCUT2D eigenvalue weighted by Crippen LogP contribution is -2.36. The average molecular weight is 290 g/mol. The number of hydrogen-bond donors (Lipinski definition) is 1. The van der Waals surface area contributed by atoms with Crippen molar-refractivity contribution in [1.29, 1.82) is 0 Å². The Morgan fingerprint density at radius 1 is 1.37 bits per heavy atom. The number of nitrogens with zero attached hydrogens (tertiary/aromatic N) is 1. The van der Waals surface area contributed by atoms with Crippen LogP contribution < -0.4 is 0 Å². The summed E-state index contributed by atoms with van der Waals surface area (Å²) in [4.78, 5) is 12.6. The maximum absolute atomic E-state index is 12.3. The standard InChI is InChI=1S/C13H14ClF2NO2/c14-11-4-1-10(2-5-11)3-6-13(19)17(7-8-18)9-12(15)16/h1-6,12,18H,7-9H2/b6-3+. The fourth-order valence-electron chi connectivity index (χ4n) is 1.43. The second kappa shape index (κ2) is 7.86. The number of hydrogen-bond acceptors (Lipinski definition) is 2. The summed E-state index contributed by atoms with van der Waals surface area (Å²) in [7, 11) is 0. The van der Waals surface area contributed by atoms with Crippen molar-refractivity contribution in [3.63, 3.8) is 0 Å². The van der Waals surface area contributed by atoms with Gasteiger partial charge in [0, 0.05) is 17.6 Å². The van der Waals surface area contributed by atoms with Crippen molar-refractivity contribution >= 4 is 23.6 Å². The molecule has 3 nitrogen and oxygen atoms in total. The molecular formula is C13H14ClF2NO2. The second-order valence-electron chi connectivity index (χ2n) is 3.78. The van der Waals surface area contributed by atoms with Gasteiger partial charge in [0.15, 0.2) is 0 Å². The molecule has 0 unspecified atom stereocenters. The molecule has 1 N–H and O–H groups in total. The first kappa shape index (κ1) is 15.6. The van der Waals surface area contributed by atoms with E-state index in [4.69, 9.17) is 16.7 Å². The number of alkyl halides is 2. The molecule has 0 radical (unpaired) electrons. The summed E-state index contributed by atoms with van der Waals surface area (Å²) < 4.78 is 24.5. The predicted molar refractivity (Wildman–Crippen MR) is 70.2 cm³/mol. The number of carbonyl (C=O) groups is 1. The third-order valence-electron chi connectivity index (χ3n) is 2.33. The molecule has 0 aliphatic carbocycles. The van der Waals surface area contributed by atoms with Gasteiger partial charge in [-0.1, -0.05) is 23.7 Å². The minimum Gasteiger partial charge on any atom is -0.395 e. The molecule has 6 heteroatoms. The van der Waals surface area contributed by atoms with Gasteiger partial charge in [-0.25, -0.2) is 8.78 Å². The first-order chi connectivity index (χ1) is 9.02. The van der Waals surface area contributed by atoms with Crippen LogP contribution >= 0.6 is 11.6 Å². The van der Waals surface area contributed by atoms with Gasteiger partial charge in [-0.05, 0) is 23.8 Å². The summed E-state index contributed by atoms with van der Waals surface area (Å²) >= 11 is 5.71. The van der Waals surface area contributed by atoms with E-state index in [0.717, 1.165) is 10.5 Å². The summed E-state index contributed by atoms with van der Waals surface area (Å²) in [6, 6.07) is 6.73. The van der Waals surface area contributed by atoms with Crippen LogP contribution in [0.5, 0.6) is 0 Å². The van der Waals surface area contributed by atoms with Crippen LogP contribution in [0, 0.1) is 0 Å². The Labute approximate surface area is 115 Å². The smallest absolute Gasteiger partial charge is 0.255 e. The number of carbonyl (C=O) groups excluding carboxylic acids is 1. The van der Waals surface area contributed by atoms with Gasteiger partial charge in [0.05, 0.1) is 13.2 Å². The van der Waals surface area contributed by atoms with E-state index in [1.54, 1.807) is 24.3 Å². The van der Waals surface area contributed by atoms with Gasteiger partial charge in [0.2, 0.25) is 5.91 Å². The number of aliphatic hydroxyl groups is 1. The minimum absolute atomic E-state index is 0.117. The van der Waals surface area contributed by atoms with Gasteiger partial charge in [0.1, 0.15) is 0 Å². The molecule has 0 fully saturated rings. The Kier molecular flexibility index (Phi) is 6.45. The molecule has 1 amide bonds. The molecule has 0 atom stereocenters. The molecule has 0 aliphatic heterocycles. The molecule has 104 valence electrons. The van der Waals surface area contributed by atoms with Crippen molar-refractivity contribution in [3.05, 3.63) is 40.9 Å². The molecule has 0 saturated carbocycles. The molecular weight excluding hydrogens is 276 g/mol. The molecule has 1 aromatic carbocycles. The van der Waals surface area contributed by atoms with E-state index in [0.29, 0.717) is 5.02 Å². The van der Waals surface area contributed by atoms with Crippen LogP contribution in [-0.4, -0.2) is 42.0 Å². The highest BCUT2D eigenvalue weighted by Gasteiger charge is 2.15. The first-order valence-electron chi connectivity index (χ1n) is 5.64. The highest BCUT2D eigenvalue weighted by Crippen LogP contribution is 2.11. The van der Waals surface area contributed by atoms with Gasteiger partial charge in [0.25, 0.3) is 6.43 Å². The summed E-state index contributed by atoms with van der Waals surface area (Å²) in [5, 5.41) is 9.31. The second-order valence-corrected chi connectivity index (χ2v) is 4.22. The van der Waals surface area contributed by atoms with Crippen LogP contribution in [0.4, 0.5) is 8.78 Å². The average Bonchev–Trinajstić information content (AvgIpc) is 2.37. The molecule has 0 heterocycles. The van der Waals surface area contributed by atoms with E-state index >= 15 is 0 Å². The Balaban J connectivity index is 2.67. The third-order valence-corrected chi connectivity index (χ3v) is 2.58. The van der Waals surface area contributed by atoms with Gasteiger partial charge in [-0.3, -0.25) is 4.79 Å². The Morgan fingerprint density at radius 2 is 2.00 bits per heavy atom. The van der Waals surface area contributed by atoms with Crippen molar-refractivity contribution in [1.82, 2.24) is 4.90 Å². The van der Waals surface area contributed by atoms with E-state index in [1.807, 2.05) is 0 Å². The Hall–Kier alpha value is -1.46. The van der Waals surface area contributed by atoms with Crippen molar-refractivity contribution in [2.75, 3.05) is 19.7 Å². The van der Waals surface area contributed by atoms with Crippen LogP contribution in [0.3, 0.4) is 0 Å². The normalized spacial score (nSPS) is 11.2. The van der Waals surface area contributed by atoms with Crippen molar-refractivity contribution in [2.24, 2.45) is 0 Å². The largest absolute Gasteiger partial charge is 0.395 e. The molecule has 19 heavy (non-hydrogen) atoms. The number of amides is 1. The monoisotopic (exact) mass is 289 g/mol. The third kappa shape index (κ3) is 5.81. The SMILES string of the molecule is O=C(/C=C/c1ccc(Cl)cc1)N(CCO)CC(F)F. The molecule has 0 saturated heterocycles. The van der Waals surface area contributed by atoms with Gasteiger partial charge < -0.3 is 10.0 Å². The van der Waals surface area contributed by atoms with Crippen molar-refractivity contribution in [3.8, 4) is 0 Å². The lowest BCUT2D eigenvalue weighted by atomic mass is 10.2. The van der Waals surface area contributed by atoms with E-state index in [9.17, 15) is 13.6 Å². The number of benzene rings is 1. The molecule has 0 aromatic heterocycles. The minimum atomic E-state index is -2.63. The van der Waals surface area contributed by atoms with Crippen LogP contribution in [0.2, 0.25) is 5.02 Å². The zero-order chi connectivity index (χ0) is 14.3. The quantitative estimate of drug-likeness (QED) is 0.817. The van der Waals surface area contributed by atoms with E-state index in [2.05, 4.69) is 0 Å². The van der Waals surface area contributed by atoms with E-state index in [1.165, 1.54) is 12.2 Å². The molecule has 1 rings (SSSR count). The summed E-state index contributed by atoms with van der Waals surface area (Å²) in [6.45, 7) is -1.16. The molecule has 0 aliphatic rings. The van der Waals surface area contributed by atoms with Crippen LogP contribution in [0.1, 0.15) is 5.56 Å². The van der Waals surface area contributed by atoms with E-state index in [-0.39, 0.29) is 13.2 Å². The zero-order valence-corrected chi connectivity index (χ0v) is 10.9. The summed E-state index contributed by atoms with van der Waals surface area (Å²) in [5.41, 5.74) is 0.735. The lowest BCUT2D eigenvalue weighted by Gasteiger charge is -2.19. The first-order valence-corrected chi connectivity index (χ1v) is 6.02. The maximum Gasteiger partial charge on any atom is 0.255 e. The number of halogens is 3.